The highest BCUT2D eigenvalue weighted by atomic mass is 32.1. The minimum Gasteiger partial charge on any atom is -0.300 e. The number of hydrogen-bond donors (Lipinski definition) is 2. The Kier molecular flexibility index (Phi) is 3.42. The van der Waals surface area contributed by atoms with Gasteiger partial charge in [0.05, 0.1) is 11.9 Å². The van der Waals surface area contributed by atoms with Crippen LogP contribution in [0.5, 0.6) is 0 Å². The van der Waals surface area contributed by atoms with Crippen molar-refractivity contribution in [1.82, 2.24) is 25.1 Å². The van der Waals surface area contributed by atoms with E-state index < -0.39 is 0 Å². The predicted octanol–water partition coefficient (Wildman–Crippen LogP) is 2.94. The highest BCUT2D eigenvalue weighted by Gasteiger charge is 2.11. The van der Waals surface area contributed by atoms with Crippen molar-refractivity contribution < 1.29 is 0 Å². The van der Waals surface area contributed by atoms with Crippen molar-refractivity contribution in [3.8, 4) is 11.3 Å². The highest BCUT2D eigenvalue weighted by molar-refractivity contribution is 7.16. The Bertz CT molecular complexity index is 703. The molecule has 0 aliphatic heterocycles. The summed E-state index contributed by atoms with van der Waals surface area (Å²) in [5.41, 5.74) is 2.92. The molecule has 6 nitrogen and oxygen atoms in total. The number of aromatic amines is 1. The molecule has 0 aliphatic rings. The molecule has 0 fully saturated rings. The van der Waals surface area contributed by atoms with Crippen LogP contribution in [0.25, 0.3) is 11.3 Å². The highest BCUT2D eigenvalue weighted by Crippen LogP contribution is 2.30. The summed E-state index contributed by atoms with van der Waals surface area (Å²) in [5.74, 6) is 0.580. The van der Waals surface area contributed by atoms with Crippen LogP contribution in [0.2, 0.25) is 0 Å². The Morgan fingerprint density at radius 2 is 2.25 bits per heavy atom. The SMILES string of the molecule is CCc1ccnc(Nc2nc(-c3cn[nH]c3)c(C)s2)n1. The first-order valence-electron chi connectivity index (χ1n) is 6.31. The second-order valence-corrected chi connectivity index (χ2v) is 5.46. The van der Waals surface area contributed by atoms with E-state index in [1.54, 1.807) is 23.7 Å². The molecule has 0 spiro atoms. The fourth-order valence-corrected chi connectivity index (χ4v) is 2.68. The largest absolute Gasteiger partial charge is 0.300 e. The molecule has 0 radical (unpaired) electrons. The zero-order chi connectivity index (χ0) is 13.9. The summed E-state index contributed by atoms with van der Waals surface area (Å²) in [5, 5.41) is 10.7. The molecule has 0 aromatic carbocycles. The van der Waals surface area contributed by atoms with Crippen molar-refractivity contribution in [3.05, 3.63) is 35.2 Å². The van der Waals surface area contributed by atoms with Crippen LogP contribution in [0.4, 0.5) is 11.1 Å². The summed E-state index contributed by atoms with van der Waals surface area (Å²) >= 11 is 1.58. The Hall–Kier alpha value is -2.28. The van der Waals surface area contributed by atoms with Gasteiger partial charge in [0.2, 0.25) is 5.95 Å². The van der Waals surface area contributed by atoms with Gasteiger partial charge < -0.3 is 5.32 Å². The summed E-state index contributed by atoms with van der Waals surface area (Å²) in [7, 11) is 0. The molecule has 2 N–H and O–H groups in total. The van der Waals surface area contributed by atoms with Gasteiger partial charge >= 0.3 is 0 Å². The minimum atomic E-state index is 0.580. The molecule has 0 atom stereocenters. The monoisotopic (exact) mass is 286 g/mol. The molecule has 0 saturated heterocycles. The van der Waals surface area contributed by atoms with Crippen LogP contribution >= 0.6 is 11.3 Å². The van der Waals surface area contributed by atoms with Gasteiger partial charge in [-0.2, -0.15) is 5.10 Å². The Labute approximate surface area is 120 Å². The molecular weight excluding hydrogens is 272 g/mol. The molecule has 0 saturated carbocycles. The number of rotatable bonds is 4. The van der Waals surface area contributed by atoms with Gasteiger partial charge in [0.15, 0.2) is 5.13 Å². The summed E-state index contributed by atoms with van der Waals surface area (Å²) in [6, 6.07) is 1.91. The van der Waals surface area contributed by atoms with E-state index in [1.807, 2.05) is 19.2 Å². The third-order valence-corrected chi connectivity index (χ3v) is 3.75. The first-order chi connectivity index (χ1) is 9.76. The van der Waals surface area contributed by atoms with Crippen LogP contribution in [0, 0.1) is 6.92 Å². The quantitative estimate of drug-likeness (QED) is 0.771. The van der Waals surface area contributed by atoms with E-state index in [0.717, 1.165) is 33.4 Å². The van der Waals surface area contributed by atoms with Crippen LogP contribution in [-0.2, 0) is 6.42 Å². The number of aryl methyl sites for hydroxylation is 2. The molecule has 0 unspecified atom stereocenters. The van der Waals surface area contributed by atoms with Crippen molar-refractivity contribution in [3.63, 3.8) is 0 Å². The maximum absolute atomic E-state index is 4.57. The van der Waals surface area contributed by atoms with Crippen LogP contribution in [0.3, 0.4) is 0 Å². The fraction of sp³-hybridized carbons (Fsp3) is 0.231. The summed E-state index contributed by atoms with van der Waals surface area (Å²) in [6.07, 6.45) is 6.24. The lowest BCUT2D eigenvalue weighted by Gasteiger charge is -2.01. The van der Waals surface area contributed by atoms with E-state index >= 15 is 0 Å². The van der Waals surface area contributed by atoms with Crippen LogP contribution in [0.1, 0.15) is 17.5 Å². The number of nitrogens with one attached hydrogen (secondary N) is 2. The zero-order valence-corrected chi connectivity index (χ0v) is 12.0. The smallest absolute Gasteiger partial charge is 0.229 e. The van der Waals surface area contributed by atoms with E-state index in [0.29, 0.717) is 5.95 Å². The summed E-state index contributed by atoms with van der Waals surface area (Å²) < 4.78 is 0. The normalized spacial score (nSPS) is 10.7. The fourth-order valence-electron chi connectivity index (χ4n) is 1.85. The lowest BCUT2D eigenvalue weighted by molar-refractivity contribution is 1.00. The van der Waals surface area contributed by atoms with E-state index in [4.69, 9.17) is 0 Å². The second kappa shape index (κ2) is 5.38. The first kappa shape index (κ1) is 12.7. The van der Waals surface area contributed by atoms with Crippen molar-refractivity contribution in [2.24, 2.45) is 0 Å². The van der Waals surface area contributed by atoms with Gasteiger partial charge in [-0.1, -0.05) is 6.92 Å². The van der Waals surface area contributed by atoms with Gasteiger partial charge in [-0.3, -0.25) is 5.10 Å². The van der Waals surface area contributed by atoms with Crippen LogP contribution in [-0.4, -0.2) is 25.1 Å². The zero-order valence-electron chi connectivity index (χ0n) is 11.2. The van der Waals surface area contributed by atoms with Crippen molar-refractivity contribution in [1.29, 1.82) is 0 Å². The molecule has 0 amide bonds. The number of H-pyrrole nitrogens is 1. The number of nitrogens with zero attached hydrogens (tertiary/aromatic N) is 4. The Morgan fingerprint density at radius 1 is 1.35 bits per heavy atom. The molecular formula is C13H14N6S. The lowest BCUT2D eigenvalue weighted by Crippen LogP contribution is -1.98. The van der Waals surface area contributed by atoms with Gasteiger partial charge in [0.25, 0.3) is 0 Å². The van der Waals surface area contributed by atoms with Crippen molar-refractivity contribution >= 4 is 22.4 Å². The van der Waals surface area contributed by atoms with Gasteiger partial charge in [0, 0.05) is 28.5 Å². The molecule has 3 rings (SSSR count). The summed E-state index contributed by atoms with van der Waals surface area (Å²) in [4.78, 5) is 14.3. The van der Waals surface area contributed by atoms with E-state index in [9.17, 15) is 0 Å². The van der Waals surface area contributed by atoms with Gasteiger partial charge in [-0.05, 0) is 19.4 Å². The molecule has 3 aromatic heterocycles. The molecule has 7 heteroatoms. The van der Waals surface area contributed by atoms with Crippen molar-refractivity contribution in [2.45, 2.75) is 20.3 Å². The topological polar surface area (TPSA) is 79.4 Å². The third kappa shape index (κ3) is 2.53. The molecule has 3 aromatic rings. The number of anilines is 2. The Morgan fingerprint density at radius 3 is 3.00 bits per heavy atom. The number of thiazole rings is 1. The summed E-state index contributed by atoms with van der Waals surface area (Å²) in [6.45, 7) is 4.10. The Balaban J connectivity index is 1.86. The maximum atomic E-state index is 4.57. The lowest BCUT2D eigenvalue weighted by atomic mass is 10.2. The van der Waals surface area contributed by atoms with Crippen molar-refractivity contribution in [2.75, 3.05) is 5.32 Å². The van der Waals surface area contributed by atoms with Gasteiger partial charge in [-0.15, -0.1) is 11.3 Å². The molecule has 102 valence electrons. The predicted molar refractivity (Wildman–Crippen MR) is 79.1 cm³/mol. The van der Waals surface area contributed by atoms with E-state index in [2.05, 4.69) is 37.4 Å². The second-order valence-electron chi connectivity index (χ2n) is 4.26. The standard InChI is InChI=1S/C13H14N6S/c1-3-10-4-5-14-12(17-10)19-13-18-11(8(2)20-13)9-6-15-16-7-9/h4-7H,3H2,1-2H3,(H,15,16)(H,14,17,18,19). The maximum Gasteiger partial charge on any atom is 0.229 e. The first-order valence-corrected chi connectivity index (χ1v) is 7.13. The van der Waals surface area contributed by atoms with E-state index in [1.165, 1.54) is 0 Å². The third-order valence-electron chi connectivity index (χ3n) is 2.86. The van der Waals surface area contributed by atoms with Gasteiger partial charge in [-0.25, -0.2) is 15.0 Å². The molecule has 0 aliphatic carbocycles. The molecule has 20 heavy (non-hydrogen) atoms. The average molecular weight is 286 g/mol. The average Bonchev–Trinajstić information content (AvgIpc) is 3.08. The molecule has 3 heterocycles. The number of aromatic nitrogens is 5. The van der Waals surface area contributed by atoms with Crippen LogP contribution < -0.4 is 5.32 Å². The minimum absolute atomic E-state index is 0.580. The van der Waals surface area contributed by atoms with Crippen LogP contribution in [0.15, 0.2) is 24.7 Å². The number of hydrogen-bond acceptors (Lipinski definition) is 6. The molecule has 0 bridgehead atoms. The van der Waals surface area contributed by atoms with E-state index in [-0.39, 0.29) is 0 Å². The van der Waals surface area contributed by atoms with Gasteiger partial charge in [0.1, 0.15) is 0 Å².